The molecule has 2 atom stereocenters. The zero-order valence-corrected chi connectivity index (χ0v) is 12.9. The first kappa shape index (κ1) is 14.1. The Bertz CT molecular complexity index is 426. The molecule has 1 saturated carbocycles. The van der Waals surface area contributed by atoms with E-state index >= 15 is 0 Å². The van der Waals surface area contributed by atoms with Crippen LogP contribution in [0.5, 0.6) is 0 Å². The summed E-state index contributed by atoms with van der Waals surface area (Å²) in [5.41, 5.74) is 1.99. The van der Waals surface area contributed by atoms with E-state index < -0.39 is 0 Å². The van der Waals surface area contributed by atoms with Gasteiger partial charge in [0.15, 0.2) is 0 Å². The number of hydrogen-bond acceptors (Lipinski definition) is 2. The summed E-state index contributed by atoms with van der Waals surface area (Å²) in [5, 5.41) is 3.73. The summed E-state index contributed by atoms with van der Waals surface area (Å²) in [5.74, 6) is 0. The molecule has 2 heteroatoms. The van der Waals surface area contributed by atoms with Crippen LogP contribution in [0.4, 0.5) is 0 Å². The number of nitrogens with zero attached hydrogens (tertiary/aromatic N) is 1. The van der Waals surface area contributed by atoms with Gasteiger partial charge in [-0.05, 0) is 49.8 Å². The molecule has 1 aromatic carbocycles. The Morgan fingerprint density at radius 1 is 1.20 bits per heavy atom. The van der Waals surface area contributed by atoms with Crippen LogP contribution < -0.4 is 5.32 Å². The van der Waals surface area contributed by atoms with E-state index in [0.29, 0.717) is 11.5 Å². The first-order valence-electron chi connectivity index (χ1n) is 8.16. The fourth-order valence-electron chi connectivity index (χ4n) is 3.90. The van der Waals surface area contributed by atoms with Crippen molar-refractivity contribution in [2.24, 2.45) is 5.41 Å². The Morgan fingerprint density at radius 2 is 2.00 bits per heavy atom. The maximum atomic E-state index is 3.73. The SMILES string of the molecule is CC1(C)CCC(N2CCCNC(c3ccccc3)C2)C1. The molecule has 0 amide bonds. The molecule has 2 nitrogen and oxygen atoms in total. The van der Waals surface area contributed by atoms with E-state index in [2.05, 4.69) is 54.4 Å². The van der Waals surface area contributed by atoms with Gasteiger partial charge in [-0.3, -0.25) is 4.90 Å². The average Bonchev–Trinajstić information content (AvgIpc) is 2.67. The predicted molar refractivity (Wildman–Crippen MR) is 84.8 cm³/mol. The summed E-state index contributed by atoms with van der Waals surface area (Å²) in [6.07, 6.45) is 5.42. The van der Waals surface area contributed by atoms with E-state index in [1.54, 1.807) is 0 Å². The highest BCUT2D eigenvalue weighted by molar-refractivity contribution is 5.19. The molecule has 1 saturated heterocycles. The molecule has 2 aliphatic rings. The van der Waals surface area contributed by atoms with Crippen LogP contribution >= 0.6 is 0 Å². The van der Waals surface area contributed by atoms with E-state index in [9.17, 15) is 0 Å². The summed E-state index contributed by atoms with van der Waals surface area (Å²) in [7, 11) is 0. The second-order valence-corrected chi connectivity index (χ2v) is 7.33. The molecular formula is C18H28N2. The molecule has 1 N–H and O–H groups in total. The molecule has 0 aromatic heterocycles. The van der Waals surface area contributed by atoms with Crippen molar-refractivity contribution in [1.82, 2.24) is 10.2 Å². The largest absolute Gasteiger partial charge is 0.309 e. The number of nitrogens with one attached hydrogen (secondary N) is 1. The molecule has 2 fully saturated rings. The van der Waals surface area contributed by atoms with E-state index in [-0.39, 0.29) is 0 Å². The highest BCUT2D eigenvalue weighted by Crippen LogP contribution is 2.40. The Balaban J connectivity index is 1.70. The molecule has 1 heterocycles. The fraction of sp³-hybridized carbons (Fsp3) is 0.667. The van der Waals surface area contributed by atoms with Gasteiger partial charge in [0.1, 0.15) is 0 Å². The van der Waals surface area contributed by atoms with Crippen LogP contribution in [0.15, 0.2) is 30.3 Å². The van der Waals surface area contributed by atoms with Crippen LogP contribution in [0, 0.1) is 5.41 Å². The number of benzene rings is 1. The minimum Gasteiger partial charge on any atom is -0.309 e. The minimum absolute atomic E-state index is 0.502. The predicted octanol–water partition coefficient (Wildman–Crippen LogP) is 3.60. The van der Waals surface area contributed by atoms with Crippen molar-refractivity contribution in [3.8, 4) is 0 Å². The molecule has 1 aliphatic carbocycles. The molecule has 0 radical (unpaired) electrons. The molecule has 20 heavy (non-hydrogen) atoms. The van der Waals surface area contributed by atoms with Gasteiger partial charge in [-0.2, -0.15) is 0 Å². The Kier molecular flexibility index (Phi) is 4.13. The van der Waals surface area contributed by atoms with Crippen molar-refractivity contribution in [2.75, 3.05) is 19.6 Å². The van der Waals surface area contributed by atoms with Crippen LogP contribution in [-0.2, 0) is 0 Å². The van der Waals surface area contributed by atoms with E-state index in [4.69, 9.17) is 0 Å². The summed E-state index contributed by atoms with van der Waals surface area (Å²) >= 11 is 0. The summed E-state index contributed by atoms with van der Waals surface area (Å²) in [6, 6.07) is 12.3. The van der Waals surface area contributed by atoms with Crippen molar-refractivity contribution in [3.05, 3.63) is 35.9 Å². The Hall–Kier alpha value is -0.860. The van der Waals surface area contributed by atoms with Crippen molar-refractivity contribution in [1.29, 1.82) is 0 Å². The van der Waals surface area contributed by atoms with Gasteiger partial charge in [-0.15, -0.1) is 0 Å². The van der Waals surface area contributed by atoms with Gasteiger partial charge >= 0.3 is 0 Å². The highest BCUT2D eigenvalue weighted by atomic mass is 15.2. The van der Waals surface area contributed by atoms with Gasteiger partial charge in [-0.25, -0.2) is 0 Å². The molecule has 1 aliphatic heterocycles. The molecule has 110 valence electrons. The lowest BCUT2D eigenvalue weighted by atomic mass is 9.91. The lowest BCUT2D eigenvalue weighted by Crippen LogP contribution is -2.38. The van der Waals surface area contributed by atoms with Crippen LogP contribution in [0.25, 0.3) is 0 Å². The van der Waals surface area contributed by atoms with Crippen LogP contribution in [-0.4, -0.2) is 30.6 Å². The first-order chi connectivity index (χ1) is 9.64. The van der Waals surface area contributed by atoms with Gasteiger partial charge < -0.3 is 5.32 Å². The smallest absolute Gasteiger partial charge is 0.0449 e. The molecule has 0 spiro atoms. The third kappa shape index (κ3) is 3.24. The second-order valence-electron chi connectivity index (χ2n) is 7.33. The zero-order valence-electron chi connectivity index (χ0n) is 12.9. The minimum atomic E-state index is 0.502. The average molecular weight is 272 g/mol. The third-order valence-corrected chi connectivity index (χ3v) is 5.09. The van der Waals surface area contributed by atoms with Gasteiger partial charge in [0.05, 0.1) is 0 Å². The quantitative estimate of drug-likeness (QED) is 0.885. The summed E-state index contributed by atoms with van der Waals surface area (Å²) < 4.78 is 0. The van der Waals surface area contributed by atoms with Gasteiger partial charge in [0.25, 0.3) is 0 Å². The maximum absolute atomic E-state index is 3.73. The summed E-state index contributed by atoms with van der Waals surface area (Å²) in [6.45, 7) is 8.43. The summed E-state index contributed by atoms with van der Waals surface area (Å²) in [4.78, 5) is 2.76. The number of rotatable bonds is 2. The maximum Gasteiger partial charge on any atom is 0.0449 e. The van der Waals surface area contributed by atoms with Crippen molar-refractivity contribution >= 4 is 0 Å². The van der Waals surface area contributed by atoms with Gasteiger partial charge in [0.2, 0.25) is 0 Å². The lowest BCUT2D eigenvalue weighted by molar-refractivity contribution is 0.183. The topological polar surface area (TPSA) is 15.3 Å². The monoisotopic (exact) mass is 272 g/mol. The molecule has 0 bridgehead atoms. The molecular weight excluding hydrogens is 244 g/mol. The van der Waals surface area contributed by atoms with Gasteiger partial charge in [-0.1, -0.05) is 44.2 Å². The van der Waals surface area contributed by atoms with Crippen LogP contribution in [0.3, 0.4) is 0 Å². The van der Waals surface area contributed by atoms with Gasteiger partial charge in [0, 0.05) is 18.6 Å². The Morgan fingerprint density at radius 3 is 2.70 bits per heavy atom. The second kappa shape index (κ2) is 5.87. The van der Waals surface area contributed by atoms with E-state index in [1.165, 1.54) is 44.3 Å². The fourth-order valence-corrected chi connectivity index (χ4v) is 3.90. The zero-order chi connectivity index (χ0) is 14.0. The van der Waals surface area contributed by atoms with Crippen LogP contribution in [0.2, 0.25) is 0 Å². The number of hydrogen-bond donors (Lipinski definition) is 1. The van der Waals surface area contributed by atoms with Crippen molar-refractivity contribution in [3.63, 3.8) is 0 Å². The standard InChI is InChI=1S/C18H28N2/c1-18(2)10-9-16(13-18)20-12-6-11-19-17(14-20)15-7-4-3-5-8-15/h3-5,7-8,16-17,19H,6,9-14H2,1-2H3. The Labute approximate surface area is 123 Å². The van der Waals surface area contributed by atoms with Crippen LogP contribution in [0.1, 0.15) is 51.1 Å². The van der Waals surface area contributed by atoms with Crippen molar-refractivity contribution < 1.29 is 0 Å². The van der Waals surface area contributed by atoms with E-state index in [1.807, 2.05) is 0 Å². The molecule has 1 aromatic rings. The lowest BCUT2D eigenvalue weighted by Gasteiger charge is -2.31. The molecule has 2 unspecified atom stereocenters. The van der Waals surface area contributed by atoms with Crippen molar-refractivity contribution in [2.45, 2.75) is 51.6 Å². The molecule has 3 rings (SSSR count). The van der Waals surface area contributed by atoms with E-state index in [0.717, 1.165) is 12.6 Å². The normalized spacial score (nSPS) is 31.1. The first-order valence-corrected chi connectivity index (χ1v) is 8.16. The third-order valence-electron chi connectivity index (χ3n) is 5.09. The highest BCUT2D eigenvalue weighted by Gasteiger charge is 2.35.